The molecule has 2 N–H and O–H groups in total. The number of carbonyl (C=O) groups excluding carboxylic acids is 1. The van der Waals surface area contributed by atoms with Crippen molar-refractivity contribution < 1.29 is 14.7 Å². The summed E-state index contributed by atoms with van der Waals surface area (Å²) in [7, 11) is 0. The minimum absolute atomic E-state index is 0.0175. The van der Waals surface area contributed by atoms with Gasteiger partial charge in [0.1, 0.15) is 5.69 Å². The number of hydrogen-bond donors (Lipinski definition) is 2. The predicted octanol–water partition coefficient (Wildman–Crippen LogP) is 3.11. The van der Waals surface area contributed by atoms with Crippen molar-refractivity contribution >= 4 is 23.2 Å². The SMILES string of the molecule is CC(C)(CCC(=O)O)NC(=O)c1csc(Cc2ccccc2)n1. The fourth-order valence-corrected chi connectivity index (χ4v) is 2.93. The molecule has 23 heavy (non-hydrogen) atoms. The quantitative estimate of drug-likeness (QED) is 0.816. The van der Waals surface area contributed by atoms with E-state index in [9.17, 15) is 9.59 Å². The Kier molecular flexibility index (Phi) is 5.50. The Morgan fingerprint density at radius 1 is 1.26 bits per heavy atom. The van der Waals surface area contributed by atoms with E-state index in [4.69, 9.17) is 5.11 Å². The molecule has 0 aliphatic rings. The number of hydrogen-bond acceptors (Lipinski definition) is 4. The molecule has 0 radical (unpaired) electrons. The molecule has 2 aromatic rings. The maximum atomic E-state index is 12.3. The first-order chi connectivity index (χ1) is 10.9. The first-order valence-corrected chi connectivity index (χ1v) is 8.26. The zero-order valence-electron chi connectivity index (χ0n) is 13.2. The van der Waals surface area contributed by atoms with Crippen LogP contribution in [0.25, 0.3) is 0 Å². The summed E-state index contributed by atoms with van der Waals surface area (Å²) in [6.45, 7) is 3.62. The van der Waals surface area contributed by atoms with Gasteiger partial charge in [-0.25, -0.2) is 4.98 Å². The molecule has 5 nitrogen and oxygen atoms in total. The molecular weight excluding hydrogens is 312 g/mol. The van der Waals surface area contributed by atoms with Crippen molar-refractivity contribution in [2.75, 3.05) is 0 Å². The van der Waals surface area contributed by atoms with E-state index in [0.717, 1.165) is 10.6 Å². The second-order valence-electron chi connectivity index (χ2n) is 6.02. The van der Waals surface area contributed by atoms with Crippen LogP contribution in [-0.4, -0.2) is 27.5 Å². The van der Waals surface area contributed by atoms with Crippen LogP contribution in [0.4, 0.5) is 0 Å². The molecule has 0 saturated heterocycles. The molecule has 0 spiro atoms. The maximum Gasteiger partial charge on any atom is 0.303 e. The summed E-state index contributed by atoms with van der Waals surface area (Å²) in [5, 5.41) is 14.2. The first-order valence-electron chi connectivity index (χ1n) is 7.38. The predicted molar refractivity (Wildman–Crippen MR) is 89.8 cm³/mol. The standard InChI is InChI=1S/C17H20N2O3S/c1-17(2,9-8-15(20)21)19-16(22)13-11-23-14(18-13)10-12-6-4-3-5-7-12/h3-7,11H,8-10H2,1-2H3,(H,19,22)(H,20,21). The van der Waals surface area contributed by atoms with Gasteiger partial charge in [-0.05, 0) is 25.8 Å². The Bertz CT molecular complexity index is 680. The van der Waals surface area contributed by atoms with Crippen molar-refractivity contribution in [2.45, 2.75) is 38.6 Å². The number of aliphatic carboxylic acids is 1. The van der Waals surface area contributed by atoms with Crippen molar-refractivity contribution in [1.82, 2.24) is 10.3 Å². The summed E-state index contributed by atoms with van der Waals surface area (Å²) in [6, 6.07) is 9.96. The molecule has 1 amide bonds. The van der Waals surface area contributed by atoms with Gasteiger partial charge in [0.2, 0.25) is 0 Å². The van der Waals surface area contributed by atoms with Gasteiger partial charge in [0.15, 0.2) is 0 Å². The Labute approximate surface area is 139 Å². The molecule has 0 fully saturated rings. The number of thiazole rings is 1. The van der Waals surface area contributed by atoms with Crippen molar-refractivity contribution in [3.05, 3.63) is 52.0 Å². The minimum atomic E-state index is -0.869. The number of benzene rings is 1. The van der Waals surface area contributed by atoms with Gasteiger partial charge >= 0.3 is 5.97 Å². The van der Waals surface area contributed by atoms with E-state index in [1.54, 1.807) is 5.38 Å². The van der Waals surface area contributed by atoms with Gasteiger partial charge in [-0.3, -0.25) is 9.59 Å². The number of carboxylic acids is 1. The number of carbonyl (C=O) groups is 2. The first kappa shape index (κ1) is 17.1. The second kappa shape index (κ2) is 7.37. The number of nitrogens with zero attached hydrogens (tertiary/aromatic N) is 1. The molecule has 6 heteroatoms. The van der Waals surface area contributed by atoms with Gasteiger partial charge in [-0.15, -0.1) is 11.3 Å². The summed E-state index contributed by atoms with van der Waals surface area (Å²) in [5.74, 6) is -1.14. The monoisotopic (exact) mass is 332 g/mol. The van der Waals surface area contributed by atoms with Crippen LogP contribution in [0.5, 0.6) is 0 Å². The summed E-state index contributed by atoms with van der Waals surface area (Å²) in [6.07, 6.45) is 1.08. The Hall–Kier alpha value is -2.21. The minimum Gasteiger partial charge on any atom is -0.481 e. The number of amides is 1. The fourth-order valence-electron chi connectivity index (χ4n) is 2.12. The van der Waals surface area contributed by atoms with E-state index in [-0.39, 0.29) is 12.3 Å². The van der Waals surface area contributed by atoms with Gasteiger partial charge in [0.05, 0.1) is 5.01 Å². The molecule has 1 aromatic carbocycles. The van der Waals surface area contributed by atoms with Crippen LogP contribution >= 0.6 is 11.3 Å². The van der Waals surface area contributed by atoms with Crippen LogP contribution in [0.2, 0.25) is 0 Å². The zero-order valence-corrected chi connectivity index (χ0v) is 14.0. The smallest absolute Gasteiger partial charge is 0.303 e. The molecule has 0 bridgehead atoms. The van der Waals surface area contributed by atoms with E-state index in [0.29, 0.717) is 18.5 Å². The molecule has 0 atom stereocenters. The van der Waals surface area contributed by atoms with Gasteiger partial charge in [0.25, 0.3) is 5.91 Å². The lowest BCUT2D eigenvalue weighted by Gasteiger charge is -2.25. The van der Waals surface area contributed by atoms with Crippen molar-refractivity contribution in [1.29, 1.82) is 0 Å². The van der Waals surface area contributed by atoms with E-state index >= 15 is 0 Å². The lowest BCUT2D eigenvalue weighted by atomic mass is 9.98. The lowest BCUT2D eigenvalue weighted by Crippen LogP contribution is -2.43. The average Bonchev–Trinajstić information content (AvgIpc) is 2.95. The van der Waals surface area contributed by atoms with Crippen molar-refractivity contribution in [3.8, 4) is 0 Å². The summed E-state index contributed by atoms with van der Waals surface area (Å²) >= 11 is 1.45. The Morgan fingerprint density at radius 2 is 1.96 bits per heavy atom. The molecule has 0 aliphatic carbocycles. The Morgan fingerprint density at radius 3 is 2.61 bits per heavy atom. The van der Waals surface area contributed by atoms with E-state index in [1.807, 2.05) is 44.2 Å². The molecular formula is C17H20N2O3S. The largest absolute Gasteiger partial charge is 0.481 e. The van der Waals surface area contributed by atoms with Crippen LogP contribution in [0.1, 0.15) is 47.7 Å². The van der Waals surface area contributed by atoms with Crippen LogP contribution < -0.4 is 5.32 Å². The fraction of sp³-hybridized carbons (Fsp3) is 0.353. The normalized spacial score (nSPS) is 11.2. The molecule has 0 unspecified atom stereocenters. The molecule has 1 heterocycles. The lowest BCUT2D eigenvalue weighted by molar-refractivity contribution is -0.137. The summed E-state index contributed by atoms with van der Waals surface area (Å²) in [4.78, 5) is 27.3. The van der Waals surface area contributed by atoms with E-state index in [2.05, 4.69) is 10.3 Å². The number of rotatable bonds is 7. The summed E-state index contributed by atoms with van der Waals surface area (Å²) < 4.78 is 0. The van der Waals surface area contributed by atoms with Crippen LogP contribution in [0.15, 0.2) is 35.7 Å². The maximum absolute atomic E-state index is 12.3. The topological polar surface area (TPSA) is 79.3 Å². The number of carboxylic acid groups (broad SMARTS) is 1. The second-order valence-corrected chi connectivity index (χ2v) is 6.96. The molecule has 1 aromatic heterocycles. The third-order valence-electron chi connectivity index (χ3n) is 3.40. The van der Waals surface area contributed by atoms with Gasteiger partial charge in [-0.1, -0.05) is 30.3 Å². The van der Waals surface area contributed by atoms with Crippen LogP contribution in [0, 0.1) is 0 Å². The molecule has 122 valence electrons. The van der Waals surface area contributed by atoms with Crippen LogP contribution in [0.3, 0.4) is 0 Å². The number of nitrogens with one attached hydrogen (secondary N) is 1. The Balaban J connectivity index is 1.96. The zero-order chi connectivity index (χ0) is 16.9. The highest BCUT2D eigenvalue weighted by molar-refractivity contribution is 7.09. The highest BCUT2D eigenvalue weighted by Gasteiger charge is 2.23. The molecule has 0 aliphatic heterocycles. The highest BCUT2D eigenvalue weighted by Crippen LogP contribution is 2.17. The molecule has 2 rings (SSSR count). The van der Waals surface area contributed by atoms with Crippen molar-refractivity contribution in [2.24, 2.45) is 0 Å². The third kappa shape index (κ3) is 5.49. The van der Waals surface area contributed by atoms with E-state index < -0.39 is 11.5 Å². The van der Waals surface area contributed by atoms with Gasteiger partial charge in [-0.2, -0.15) is 0 Å². The van der Waals surface area contributed by atoms with Crippen molar-refractivity contribution in [3.63, 3.8) is 0 Å². The average molecular weight is 332 g/mol. The van der Waals surface area contributed by atoms with Gasteiger partial charge < -0.3 is 10.4 Å². The summed E-state index contributed by atoms with van der Waals surface area (Å²) in [5.41, 5.74) is 0.943. The third-order valence-corrected chi connectivity index (χ3v) is 4.25. The van der Waals surface area contributed by atoms with E-state index in [1.165, 1.54) is 11.3 Å². The van der Waals surface area contributed by atoms with Gasteiger partial charge in [0, 0.05) is 23.8 Å². The van der Waals surface area contributed by atoms with Crippen LogP contribution in [-0.2, 0) is 11.2 Å². The molecule has 0 saturated carbocycles. The number of aromatic nitrogens is 1. The highest BCUT2D eigenvalue weighted by atomic mass is 32.1.